The van der Waals surface area contributed by atoms with E-state index < -0.39 is 29.7 Å². The Hall–Kier alpha value is -3.35. The average molecular weight is 385 g/mol. The molecular formula is C21H23NO6. The first-order valence-electron chi connectivity index (χ1n) is 8.62. The molecule has 7 nitrogen and oxygen atoms in total. The normalized spacial score (nSPS) is 12.0. The van der Waals surface area contributed by atoms with Crippen molar-refractivity contribution in [2.75, 3.05) is 12.0 Å². The van der Waals surface area contributed by atoms with E-state index in [4.69, 9.17) is 14.6 Å². The third-order valence-electron chi connectivity index (χ3n) is 3.78. The highest BCUT2D eigenvalue weighted by Crippen LogP contribution is 2.30. The van der Waals surface area contributed by atoms with E-state index in [1.807, 2.05) is 0 Å². The molecule has 0 fully saturated rings. The molecule has 0 aliphatic rings. The number of amides is 1. The summed E-state index contributed by atoms with van der Waals surface area (Å²) in [6, 6.07) is 13.2. The first-order valence-corrected chi connectivity index (χ1v) is 8.62. The van der Waals surface area contributed by atoms with Crippen LogP contribution in [-0.4, -0.2) is 35.8 Å². The van der Waals surface area contributed by atoms with Gasteiger partial charge in [0.1, 0.15) is 5.60 Å². The molecular weight excluding hydrogens is 362 g/mol. The van der Waals surface area contributed by atoms with Crippen LogP contribution >= 0.6 is 0 Å². The molecule has 7 heteroatoms. The maximum absolute atomic E-state index is 13.0. The molecule has 0 aliphatic carbocycles. The Kier molecular flexibility index (Phi) is 6.41. The number of nitrogens with zero attached hydrogens (tertiary/aromatic N) is 1. The van der Waals surface area contributed by atoms with Gasteiger partial charge in [0.15, 0.2) is 6.04 Å². The lowest BCUT2D eigenvalue weighted by molar-refractivity contribution is -0.142. The Labute approximate surface area is 163 Å². The quantitative estimate of drug-likeness (QED) is 0.781. The van der Waals surface area contributed by atoms with Crippen LogP contribution in [-0.2, 0) is 14.3 Å². The topological polar surface area (TPSA) is 93.1 Å². The van der Waals surface area contributed by atoms with Gasteiger partial charge >= 0.3 is 18.0 Å². The van der Waals surface area contributed by atoms with Crippen molar-refractivity contribution in [1.82, 2.24) is 0 Å². The van der Waals surface area contributed by atoms with Crippen molar-refractivity contribution in [1.29, 1.82) is 0 Å². The zero-order chi connectivity index (χ0) is 20.9. The molecule has 2 aromatic rings. The van der Waals surface area contributed by atoms with Gasteiger partial charge in [0.2, 0.25) is 0 Å². The predicted molar refractivity (Wildman–Crippen MR) is 103 cm³/mol. The van der Waals surface area contributed by atoms with Gasteiger partial charge in [0, 0.05) is 5.69 Å². The smallest absolute Gasteiger partial charge is 0.415 e. The number of rotatable bonds is 5. The lowest BCUT2D eigenvalue weighted by Gasteiger charge is -2.32. The summed E-state index contributed by atoms with van der Waals surface area (Å²) in [5, 5.41) is 9.11. The fourth-order valence-corrected chi connectivity index (χ4v) is 2.57. The summed E-state index contributed by atoms with van der Waals surface area (Å²) in [4.78, 5) is 37.9. The number of aromatic carboxylic acids is 1. The number of methoxy groups -OCH3 is 1. The van der Waals surface area contributed by atoms with Gasteiger partial charge in [-0.1, -0.05) is 30.3 Å². The maximum atomic E-state index is 13.0. The van der Waals surface area contributed by atoms with Gasteiger partial charge in [-0.3, -0.25) is 4.90 Å². The fourth-order valence-electron chi connectivity index (χ4n) is 2.57. The molecule has 148 valence electrons. The lowest BCUT2D eigenvalue weighted by Crippen LogP contribution is -2.42. The molecule has 1 atom stereocenters. The third-order valence-corrected chi connectivity index (χ3v) is 3.78. The molecule has 1 unspecified atom stereocenters. The highest BCUT2D eigenvalue weighted by Gasteiger charge is 2.36. The molecule has 2 aromatic carbocycles. The molecule has 0 heterocycles. The standard InChI is InChI=1S/C21H23NO6/c1-21(2,3)28-20(26)22(16-12-10-15(11-13-16)18(23)24)17(19(25)27-4)14-8-6-5-7-9-14/h5-13,17H,1-4H3,(H,23,24). The van der Waals surface area contributed by atoms with Crippen LogP contribution < -0.4 is 4.90 Å². The first kappa shape index (κ1) is 21.0. The van der Waals surface area contributed by atoms with Gasteiger partial charge < -0.3 is 14.6 Å². The van der Waals surface area contributed by atoms with E-state index in [9.17, 15) is 14.4 Å². The molecule has 0 aromatic heterocycles. The molecule has 0 aliphatic heterocycles. The van der Waals surface area contributed by atoms with Crippen LogP contribution in [0.4, 0.5) is 10.5 Å². The number of hydrogen-bond acceptors (Lipinski definition) is 5. The van der Waals surface area contributed by atoms with Crippen molar-refractivity contribution in [2.45, 2.75) is 32.4 Å². The summed E-state index contributed by atoms with van der Waals surface area (Å²) in [6.45, 7) is 5.14. The summed E-state index contributed by atoms with van der Waals surface area (Å²) in [5.74, 6) is -1.75. The number of anilines is 1. The Morgan fingerprint density at radius 3 is 2.00 bits per heavy atom. The average Bonchev–Trinajstić information content (AvgIpc) is 2.64. The Balaban J connectivity index is 2.58. The summed E-state index contributed by atoms with van der Waals surface area (Å²) >= 11 is 0. The van der Waals surface area contributed by atoms with E-state index in [-0.39, 0.29) is 5.56 Å². The third kappa shape index (κ3) is 5.09. The summed E-state index contributed by atoms with van der Waals surface area (Å²) in [6.07, 6.45) is -0.755. The fraction of sp³-hybridized carbons (Fsp3) is 0.286. The van der Waals surface area contributed by atoms with E-state index in [0.29, 0.717) is 11.3 Å². The maximum Gasteiger partial charge on any atom is 0.415 e. The zero-order valence-corrected chi connectivity index (χ0v) is 16.2. The van der Waals surface area contributed by atoms with Crippen LogP contribution in [0.3, 0.4) is 0 Å². The second-order valence-corrected chi connectivity index (χ2v) is 7.04. The van der Waals surface area contributed by atoms with E-state index in [2.05, 4.69) is 0 Å². The molecule has 0 saturated heterocycles. The lowest BCUT2D eigenvalue weighted by atomic mass is 10.0. The highest BCUT2D eigenvalue weighted by molar-refractivity contribution is 5.97. The first-order chi connectivity index (χ1) is 13.1. The van der Waals surface area contributed by atoms with Crippen LogP contribution in [0.25, 0.3) is 0 Å². The minimum atomic E-state index is -1.10. The molecule has 0 saturated carbocycles. The molecule has 1 N–H and O–H groups in total. The molecule has 1 amide bonds. The van der Waals surface area contributed by atoms with Gasteiger partial charge in [-0.25, -0.2) is 14.4 Å². The number of hydrogen-bond donors (Lipinski definition) is 1. The van der Waals surface area contributed by atoms with Gasteiger partial charge in [0.25, 0.3) is 0 Å². The SMILES string of the molecule is COC(=O)C(c1ccccc1)N(C(=O)OC(C)(C)C)c1ccc(C(=O)O)cc1. The van der Waals surface area contributed by atoms with Crippen molar-refractivity contribution >= 4 is 23.7 Å². The monoisotopic (exact) mass is 385 g/mol. The van der Waals surface area contributed by atoms with E-state index in [1.54, 1.807) is 51.1 Å². The van der Waals surface area contributed by atoms with Gasteiger partial charge in [-0.05, 0) is 50.6 Å². The Morgan fingerprint density at radius 2 is 1.54 bits per heavy atom. The highest BCUT2D eigenvalue weighted by atomic mass is 16.6. The van der Waals surface area contributed by atoms with E-state index in [0.717, 1.165) is 4.90 Å². The largest absolute Gasteiger partial charge is 0.478 e. The van der Waals surface area contributed by atoms with E-state index in [1.165, 1.54) is 31.4 Å². The van der Waals surface area contributed by atoms with Crippen LogP contribution in [0.1, 0.15) is 42.7 Å². The Morgan fingerprint density at radius 1 is 0.964 bits per heavy atom. The molecule has 2 rings (SSSR count). The van der Waals surface area contributed by atoms with Crippen molar-refractivity contribution in [3.05, 3.63) is 65.7 Å². The van der Waals surface area contributed by atoms with Crippen LogP contribution in [0.5, 0.6) is 0 Å². The summed E-state index contributed by atoms with van der Waals surface area (Å²) in [5.41, 5.74) is 0.0940. The van der Waals surface area contributed by atoms with Crippen molar-refractivity contribution in [3.8, 4) is 0 Å². The minimum absolute atomic E-state index is 0.0576. The second kappa shape index (κ2) is 8.56. The second-order valence-electron chi connectivity index (χ2n) is 7.04. The van der Waals surface area contributed by atoms with Crippen LogP contribution in [0, 0.1) is 0 Å². The van der Waals surface area contributed by atoms with Gasteiger partial charge in [-0.15, -0.1) is 0 Å². The van der Waals surface area contributed by atoms with Crippen molar-refractivity contribution in [2.24, 2.45) is 0 Å². The number of carbonyl (C=O) groups is 3. The number of benzene rings is 2. The zero-order valence-electron chi connectivity index (χ0n) is 16.2. The van der Waals surface area contributed by atoms with Crippen molar-refractivity contribution in [3.63, 3.8) is 0 Å². The number of carboxylic acid groups (broad SMARTS) is 1. The molecule has 0 spiro atoms. The number of carboxylic acids is 1. The summed E-state index contributed by atoms with van der Waals surface area (Å²) < 4.78 is 10.4. The Bertz CT molecular complexity index is 839. The predicted octanol–water partition coefficient (Wildman–Crippen LogP) is 4.04. The number of esters is 1. The van der Waals surface area contributed by atoms with Crippen LogP contribution in [0.2, 0.25) is 0 Å². The molecule has 0 radical (unpaired) electrons. The van der Waals surface area contributed by atoms with Crippen LogP contribution in [0.15, 0.2) is 54.6 Å². The van der Waals surface area contributed by atoms with Crippen molar-refractivity contribution < 1.29 is 29.0 Å². The number of ether oxygens (including phenoxy) is 2. The van der Waals surface area contributed by atoms with Gasteiger partial charge in [-0.2, -0.15) is 0 Å². The molecule has 28 heavy (non-hydrogen) atoms. The van der Waals surface area contributed by atoms with E-state index >= 15 is 0 Å². The van der Waals surface area contributed by atoms with Gasteiger partial charge in [0.05, 0.1) is 12.7 Å². The number of carbonyl (C=O) groups excluding carboxylic acids is 2. The minimum Gasteiger partial charge on any atom is -0.478 e. The summed E-state index contributed by atoms with van der Waals surface area (Å²) in [7, 11) is 1.24. The molecule has 0 bridgehead atoms.